The molecular weight excluding hydrogens is 238 g/mol. The van der Waals surface area contributed by atoms with E-state index >= 15 is 0 Å². The molecule has 0 saturated heterocycles. The average Bonchev–Trinajstić information content (AvgIpc) is 2.43. The molecule has 0 heterocycles. The van der Waals surface area contributed by atoms with Crippen molar-refractivity contribution in [2.75, 3.05) is 33.5 Å². The molecule has 3 nitrogen and oxygen atoms in total. The molecule has 0 aliphatic rings. The van der Waals surface area contributed by atoms with Crippen LogP contribution in [0.3, 0.4) is 0 Å². The van der Waals surface area contributed by atoms with E-state index in [-0.39, 0.29) is 6.04 Å². The van der Waals surface area contributed by atoms with Gasteiger partial charge in [0.25, 0.3) is 0 Å². The first-order valence-corrected chi connectivity index (χ1v) is 7.20. The van der Waals surface area contributed by atoms with Gasteiger partial charge in [-0.2, -0.15) is 0 Å². The van der Waals surface area contributed by atoms with Crippen LogP contribution in [0.2, 0.25) is 0 Å². The van der Waals surface area contributed by atoms with Crippen LogP contribution in [0, 0.1) is 0 Å². The van der Waals surface area contributed by atoms with Crippen molar-refractivity contribution in [2.45, 2.75) is 32.7 Å². The van der Waals surface area contributed by atoms with Crippen LogP contribution in [-0.2, 0) is 15.9 Å². The molecule has 0 fully saturated rings. The fourth-order valence-corrected chi connectivity index (χ4v) is 2.12. The quantitative estimate of drug-likeness (QED) is 0.660. The Hall–Kier alpha value is -0.900. The van der Waals surface area contributed by atoms with Gasteiger partial charge >= 0.3 is 0 Å². The summed E-state index contributed by atoms with van der Waals surface area (Å²) in [5.74, 6) is 0. The summed E-state index contributed by atoms with van der Waals surface area (Å²) >= 11 is 0. The summed E-state index contributed by atoms with van der Waals surface area (Å²) in [6.07, 6.45) is 2.32. The Kier molecular flexibility index (Phi) is 8.47. The third kappa shape index (κ3) is 6.19. The Bertz CT molecular complexity index is 341. The maximum Gasteiger partial charge on any atom is 0.0701 e. The van der Waals surface area contributed by atoms with Crippen LogP contribution >= 0.6 is 0 Å². The first-order valence-electron chi connectivity index (χ1n) is 7.20. The van der Waals surface area contributed by atoms with E-state index in [4.69, 9.17) is 9.47 Å². The zero-order chi connectivity index (χ0) is 13.9. The predicted molar refractivity (Wildman–Crippen MR) is 79.5 cm³/mol. The molecular formula is C16H27NO2. The molecule has 0 aliphatic heterocycles. The maximum atomic E-state index is 5.66. The third-order valence-corrected chi connectivity index (χ3v) is 3.06. The van der Waals surface area contributed by atoms with E-state index in [1.165, 1.54) is 17.5 Å². The van der Waals surface area contributed by atoms with Gasteiger partial charge in [-0.1, -0.05) is 44.5 Å². The first kappa shape index (κ1) is 16.2. The SMILES string of the molecule is CCCc1cccc(C(COCCOC)NCC)c1. The van der Waals surface area contributed by atoms with E-state index < -0.39 is 0 Å². The third-order valence-electron chi connectivity index (χ3n) is 3.06. The van der Waals surface area contributed by atoms with Gasteiger partial charge in [-0.15, -0.1) is 0 Å². The van der Waals surface area contributed by atoms with Crippen LogP contribution < -0.4 is 5.32 Å². The number of likely N-dealkylation sites (N-methyl/N-ethyl adjacent to an activating group) is 1. The van der Waals surface area contributed by atoms with Crippen molar-refractivity contribution in [1.82, 2.24) is 5.32 Å². The zero-order valence-electron chi connectivity index (χ0n) is 12.4. The minimum atomic E-state index is 0.263. The molecule has 0 bridgehead atoms. The van der Waals surface area contributed by atoms with Crippen molar-refractivity contribution < 1.29 is 9.47 Å². The van der Waals surface area contributed by atoms with Crippen molar-refractivity contribution in [1.29, 1.82) is 0 Å². The standard InChI is InChI=1S/C16H27NO2/c1-4-7-14-8-6-9-15(12-14)16(17-5-2)13-19-11-10-18-3/h6,8-9,12,16-17H,4-5,7,10-11,13H2,1-3H3. The van der Waals surface area contributed by atoms with E-state index in [1.54, 1.807) is 7.11 Å². The van der Waals surface area contributed by atoms with Gasteiger partial charge in [-0.25, -0.2) is 0 Å². The van der Waals surface area contributed by atoms with Crippen molar-refractivity contribution in [3.8, 4) is 0 Å². The number of rotatable bonds is 10. The summed E-state index contributed by atoms with van der Waals surface area (Å²) in [6.45, 7) is 7.26. The summed E-state index contributed by atoms with van der Waals surface area (Å²) in [5, 5.41) is 3.48. The second-order valence-electron chi connectivity index (χ2n) is 4.67. The van der Waals surface area contributed by atoms with Crippen molar-refractivity contribution in [3.05, 3.63) is 35.4 Å². The molecule has 3 heteroatoms. The van der Waals surface area contributed by atoms with Gasteiger partial charge in [0.1, 0.15) is 0 Å². The maximum absolute atomic E-state index is 5.66. The highest BCUT2D eigenvalue weighted by atomic mass is 16.5. The van der Waals surface area contributed by atoms with Crippen LogP contribution in [-0.4, -0.2) is 33.5 Å². The highest BCUT2D eigenvalue weighted by Gasteiger charge is 2.10. The molecule has 1 unspecified atom stereocenters. The number of ether oxygens (including phenoxy) is 2. The monoisotopic (exact) mass is 265 g/mol. The first-order chi connectivity index (χ1) is 9.31. The predicted octanol–water partition coefficient (Wildman–Crippen LogP) is 2.95. The number of methoxy groups -OCH3 is 1. The van der Waals surface area contributed by atoms with Crippen LogP contribution in [0.4, 0.5) is 0 Å². The Morgan fingerprint density at radius 1 is 1.21 bits per heavy atom. The minimum Gasteiger partial charge on any atom is -0.382 e. The number of benzene rings is 1. The summed E-state index contributed by atoms with van der Waals surface area (Å²) < 4.78 is 10.7. The number of hydrogen-bond acceptors (Lipinski definition) is 3. The molecule has 0 spiro atoms. The summed E-state index contributed by atoms with van der Waals surface area (Å²) in [7, 11) is 1.69. The lowest BCUT2D eigenvalue weighted by Gasteiger charge is -2.19. The lowest BCUT2D eigenvalue weighted by molar-refractivity contribution is 0.0588. The molecule has 0 saturated carbocycles. The van der Waals surface area contributed by atoms with Crippen LogP contribution in [0.1, 0.15) is 37.4 Å². The van der Waals surface area contributed by atoms with Gasteiger partial charge in [-0.05, 0) is 24.1 Å². The topological polar surface area (TPSA) is 30.5 Å². The minimum absolute atomic E-state index is 0.263. The molecule has 0 radical (unpaired) electrons. The van der Waals surface area contributed by atoms with Crippen molar-refractivity contribution in [3.63, 3.8) is 0 Å². The van der Waals surface area contributed by atoms with Gasteiger partial charge in [-0.3, -0.25) is 0 Å². The van der Waals surface area contributed by atoms with Gasteiger partial charge in [0.05, 0.1) is 25.9 Å². The normalized spacial score (nSPS) is 12.6. The smallest absolute Gasteiger partial charge is 0.0701 e. The van der Waals surface area contributed by atoms with Crippen LogP contribution in [0.5, 0.6) is 0 Å². The molecule has 1 N–H and O–H groups in total. The molecule has 1 atom stereocenters. The lowest BCUT2D eigenvalue weighted by Crippen LogP contribution is -2.26. The van der Waals surface area contributed by atoms with Gasteiger partial charge < -0.3 is 14.8 Å². The highest BCUT2D eigenvalue weighted by Crippen LogP contribution is 2.16. The van der Waals surface area contributed by atoms with Crippen LogP contribution in [0.25, 0.3) is 0 Å². The Morgan fingerprint density at radius 2 is 2.05 bits per heavy atom. The van der Waals surface area contributed by atoms with E-state index in [2.05, 4.69) is 43.4 Å². The molecule has 1 rings (SSSR count). The summed E-state index contributed by atoms with van der Waals surface area (Å²) in [5.41, 5.74) is 2.71. The van der Waals surface area contributed by atoms with Gasteiger partial charge in [0.2, 0.25) is 0 Å². The van der Waals surface area contributed by atoms with E-state index in [0.717, 1.165) is 13.0 Å². The molecule has 0 amide bonds. The number of aryl methyl sites for hydroxylation is 1. The Morgan fingerprint density at radius 3 is 2.74 bits per heavy atom. The number of hydrogen-bond donors (Lipinski definition) is 1. The zero-order valence-corrected chi connectivity index (χ0v) is 12.4. The van der Waals surface area contributed by atoms with Gasteiger partial charge in [0.15, 0.2) is 0 Å². The molecule has 19 heavy (non-hydrogen) atoms. The molecule has 0 aliphatic carbocycles. The number of nitrogens with one attached hydrogen (secondary N) is 1. The fraction of sp³-hybridized carbons (Fsp3) is 0.625. The highest BCUT2D eigenvalue weighted by molar-refractivity contribution is 5.26. The van der Waals surface area contributed by atoms with Gasteiger partial charge in [0, 0.05) is 7.11 Å². The molecule has 1 aromatic carbocycles. The summed E-state index contributed by atoms with van der Waals surface area (Å²) in [4.78, 5) is 0. The van der Waals surface area contributed by atoms with Crippen molar-refractivity contribution in [2.24, 2.45) is 0 Å². The molecule has 1 aromatic rings. The average molecular weight is 265 g/mol. The van der Waals surface area contributed by atoms with Crippen molar-refractivity contribution >= 4 is 0 Å². The molecule has 0 aromatic heterocycles. The fourth-order valence-electron chi connectivity index (χ4n) is 2.12. The summed E-state index contributed by atoms with van der Waals surface area (Å²) in [6, 6.07) is 9.06. The lowest BCUT2D eigenvalue weighted by atomic mass is 10.0. The van der Waals surface area contributed by atoms with E-state index in [1.807, 2.05) is 0 Å². The Balaban J connectivity index is 2.60. The van der Waals surface area contributed by atoms with Crippen LogP contribution in [0.15, 0.2) is 24.3 Å². The largest absolute Gasteiger partial charge is 0.382 e. The second kappa shape index (κ2) is 9.96. The van der Waals surface area contributed by atoms with E-state index in [9.17, 15) is 0 Å². The van der Waals surface area contributed by atoms with E-state index in [0.29, 0.717) is 19.8 Å². The molecule has 108 valence electrons. The Labute approximate surface area is 117 Å². The second-order valence-corrected chi connectivity index (χ2v) is 4.67.